The molecule has 0 aliphatic heterocycles. The maximum Gasteiger partial charge on any atom is 0.413 e. The van der Waals surface area contributed by atoms with Crippen molar-refractivity contribution in [3.05, 3.63) is 36.0 Å². The van der Waals surface area contributed by atoms with Crippen LogP contribution >= 0.6 is 0 Å². The molecule has 2 unspecified atom stereocenters. The van der Waals surface area contributed by atoms with Gasteiger partial charge >= 0.3 is 6.09 Å². The number of rotatable bonds is 5. The van der Waals surface area contributed by atoms with Crippen LogP contribution in [0.3, 0.4) is 0 Å². The van der Waals surface area contributed by atoms with E-state index in [9.17, 15) is 14.0 Å². The van der Waals surface area contributed by atoms with E-state index < -0.39 is 29.7 Å². The van der Waals surface area contributed by atoms with E-state index in [1.807, 2.05) is 19.1 Å². The highest BCUT2D eigenvalue weighted by atomic mass is 19.1. The summed E-state index contributed by atoms with van der Waals surface area (Å²) in [7, 11) is 1.53. The molecule has 2 amide bonds. The fourth-order valence-corrected chi connectivity index (χ4v) is 3.49. The van der Waals surface area contributed by atoms with Gasteiger partial charge in [-0.25, -0.2) is 14.2 Å². The van der Waals surface area contributed by atoms with Crippen LogP contribution in [0.25, 0.3) is 22.0 Å². The van der Waals surface area contributed by atoms with Crippen molar-refractivity contribution in [1.29, 1.82) is 0 Å². The molecule has 0 bridgehead atoms. The summed E-state index contributed by atoms with van der Waals surface area (Å²) in [4.78, 5) is 28.5. The monoisotopic (exact) mass is 467 g/mol. The highest BCUT2D eigenvalue weighted by Gasteiger charge is 2.43. The third-order valence-corrected chi connectivity index (χ3v) is 5.23. The first-order chi connectivity index (χ1) is 16.0. The van der Waals surface area contributed by atoms with E-state index in [0.717, 1.165) is 16.7 Å². The van der Waals surface area contributed by atoms with Crippen molar-refractivity contribution in [2.24, 2.45) is 5.92 Å². The van der Waals surface area contributed by atoms with Gasteiger partial charge in [-0.3, -0.25) is 10.1 Å². The van der Waals surface area contributed by atoms with Crippen molar-refractivity contribution < 1.29 is 23.5 Å². The third kappa shape index (κ3) is 5.22. The zero-order valence-electron chi connectivity index (χ0n) is 19.6. The zero-order valence-corrected chi connectivity index (χ0v) is 19.6. The van der Waals surface area contributed by atoms with Crippen LogP contribution in [0.15, 0.2) is 30.5 Å². The maximum absolute atomic E-state index is 13.2. The predicted molar refractivity (Wildman–Crippen MR) is 126 cm³/mol. The van der Waals surface area contributed by atoms with Crippen molar-refractivity contribution >= 4 is 34.5 Å². The van der Waals surface area contributed by atoms with Crippen LogP contribution in [0.2, 0.25) is 0 Å². The molecule has 9 nitrogen and oxygen atoms in total. The van der Waals surface area contributed by atoms with Gasteiger partial charge < -0.3 is 14.8 Å². The predicted octanol–water partition coefficient (Wildman–Crippen LogP) is 4.65. The van der Waals surface area contributed by atoms with Gasteiger partial charge in [-0.15, -0.1) is 10.2 Å². The van der Waals surface area contributed by atoms with Crippen LogP contribution in [0, 0.1) is 12.8 Å². The van der Waals surface area contributed by atoms with Crippen LogP contribution in [0.1, 0.15) is 32.8 Å². The molecule has 3 aromatic rings. The minimum atomic E-state index is -1.09. The number of nitrogens with one attached hydrogen (secondary N) is 2. The second-order valence-corrected chi connectivity index (χ2v) is 9.20. The van der Waals surface area contributed by atoms with Crippen LogP contribution in [-0.2, 0) is 9.53 Å². The Morgan fingerprint density at radius 1 is 1.09 bits per heavy atom. The number of fused-ring (bicyclic) bond motifs is 1. The molecule has 1 aliphatic rings. The summed E-state index contributed by atoms with van der Waals surface area (Å²) in [5.74, 6) is 0.0736. The molecule has 0 spiro atoms. The number of methoxy groups -OCH3 is 1. The van der Waals surface area contributed by atoms with Gasteiger partial charge in [-0.1, -0.05) is 0 Å². The molecule has 178 valence electrons. The second-order valence-electron chi connectivity index (χ2n) is 9.20. The van der Waals surface area contributed by atoms with Crippen LogP contribution in [0.4, 0.5) is 20.8 Å². The molecule has 4 rings (SSSR count). The summed E-state index contributed by atoms with van der Waals surface area (Å²) in [5.41, 5.74) is 2.38. The smallest absolute Gasteiger partial charge is 0.413 e. The molecule has 0 radical (unpaired) electrons. The summed E-state index contributed by atoms with van der Waals surface area (Å²) in [5, 5.41) is 14.1. The minimum absolute atomic E-state index is 0.232. The quantitative estimate of drug-likeness (QED) is 0.561. The van der Waals surface area contributed by atoms with E-state index in [2.05, 4.69) is 25.8 Å². The first-order valence-electron chi connectivity index (χ1n) is 10.8. The average Bonchev–Trinajstić information content (AvgIpc) is 3.48. The lowest BCUT2D eigenvalue weighted by Crippen LogP contribution is -2.27. The van der Waals surface area contributed by atoms with Crippen molar-refractivity contribution in [1.82, 2.24) is 15.2 Å². The highest BCUT2D eigenvalue weighted by molar-refractivity contribution is 5.97. The summed E-state index contributed by atoms with van der Waals surface area (Å²) >= 11 is 0. The number of hydrogen-bond donors (Lipinski definition) is 2. The molecular weight excluding hydrogens is 441 g/mol. The maximum atomic E-state index is 13.2. The van der Waals surface area contributed by atoms with E-state index >= 15 is 0 Å². The summed E-state index contributed by atoms with van der Waals surface area (Å²) < 4.78 is 24.0. The van der Waals surface area contributed by atoms with Gasteiger partial charge in [0.2, 0.25) is 5.91 Å². The van der Waals surface area contributed by atoms with Crippen molar-refractivity contribution in [2.75, 3.05) is 17.7 Å². The molecule has 0 saturated heterocycles. The van der Waals surface area contributed by atoms with Gasteiger partial charge in [0.15, 0.2) is 5.82 Å². The molecular formula is C24H26FN5O4. The number of halogens is 1. The normalized spacial score (nSPS) is 17.2. The topological polar surface area (TPSA) is 115 Å². The first-order valence-corrected chi connectivity index (χ1v) is 10.8. The molecule has 2 N–H and O–H groups in total. The number of benzene rings is 1. The lowest BCUT2D eigenvalue weighted by molar-refractivity contribution is -0.117. The fourth-order valence-electron chi connectivity index (χ4n) is 3.49. The zero-order chi connectivity index (χ0) is 24.6. The van der Waals surface area contributed by atoms with Gasteiger partial charge in [0.25, 0.3) is 0 Å². The van der Waals surface area contributed by atoms with Crippen molar-refractivity contribution in [3.63, 3.8) is 0 Å². The molecule has 2 atom stereocenters. The number of aromatic nitrogens is 3. The molecule has 2 aromatic heterocycles. The number of hydrogen-bond acceptors (Lipinski definition) is 7. The summed E-state index contributed by atoms with van der Waals surface area (Å²) in [6, 6.07) is 7.11. The van der Waals surface area contributed by atoms with E-state index in [-0.39, 0.29) is 12.2 Å². The number of alkyl halides is 1. The van der Waals surface area contributed by atoms with Gasteiger partial charge in [-0.05, 0) is 69.5 Å². The lowest BCUT2D eigenvalue weighted by Gasteiger charge is -2.19. The van der Waals surface area contributed by atoms with Crippen LogP contribution < -0.4 is 15.4 Å². The number of aryl methyl sites for hydroxylation is 1. The number of carbonyl (C=O) groups excluding carboxylic acids is 2. The Morgan fingerprint density at radius 3 is 2.44 bits per heavy atom. The number of nitrogens with zero attached hydrogens (tertiary/aromatic N) is 3. The van der Waals surface area contributed by atoms with Crippen molar-refractivity contribution in [2.45, 2.75) is 45.9 Å². The Morgan fingerprint density at radius 2 is 1.82 bits per heavy atom. The standard InChI is InChI=1S/C24H26FN5O4/c1-12-6-19(28-23(32)34-24(2,3)4)26-11-16(12)13-7-14-9-20(27-22(31)15-10-17(15)25)29-30-21(14)18(8-13)33-5/h6-9,11,15,17H,10H2,1-5H3,(H,26,28,32)(H,27,29,31). The van der Waals surface area contributed by atoms with Gasteiger partial charge in [-0.2, -0.15) is 0 Å². The SMILES string of the molecule is COc1cc(-c2cnc(NC(=O)OC(C)(C)C)cc2C)cc2cc(NC(=O)C3CC3F)nnc12. The van der Waals surface area contributed by atoms with Crippen molar-refractivity contribution in [3.8, 4) is 16.9 Å². The summed E-state index contributed by atoms with van der Waals surface area (Å²) in [6.07, 6.45) is 0.200. The molecule has 1 saturated carbocycles. The molecule has 2 heterocycles. The molecule has 10 heteroatoms. The number of anilines is 2. The average molecular weight is 468 g/mol. The third-order valence-electron chi connectivity index (χ3n) is 5.23. The fraction of sp³-hybridized carbons (Fsp3) is 0.375. The number of ether oxygens (including phenoxy) is 2. The second kappa shape index (κ2) is 8.85. The van der Waals surface area contributed by atoms with E-state index in [1.165, 1.54) is 7.11 Å². The minimum Gasteiger partial charge on any atom is -0.494 e. The molecule has 34 heavy (non-hydrogen) atoms. The molecule has 1 fully saturated rings. The van der Waals surface area contributed by atoms with Crippen LogP contribution in [0.5, 0.6) is 5.75 Å². The Hall–Kier alpha value is -3.82. The Bertz CT molecular complexity index is 1270. The van der Waals surface area contributed by atoms with E-state index in [0.29, 0.717) is 22.5 Å². The molecule has 1 aromatic carbocycles. The highest BCUT2D eigenvalue weighted by Crippen LogP contribution is 2.36. The number of amides is 2. The largest absolute Gasteiger partial charge is 0.494 e. The lowest BCUT2D eigenvalue weighted by atomic mass is 10.0. The molecule has 1 aliphatic carbocycles. The Labute approximate surface area is 196 Å². The number of pyridine rings is 1. The van der Waals surface area contributed by atoms with E-state index in [4.69, 9.17) is 9.47 Å². The number of carbonyl (C=O) groups is 2. The van der Waals surface area contributed by atoms with Gasteiger partial charge in [0, 0.05) is 17.1 Å². The van der Waals surface area contributed by atoms with E-state index in [1.54, 1.807) is 39.1 Å². The van der Waals surface area contributed by atoms with Gasteiger partial charge in [0.05, 0.1) is 13.0 Å². The summed E-state index contributed by atoms with van der Waals surface area (Å²) in [6.45, 7) is 7.25. The first kappa shape index (κ1) is 23.3. The Kier molecular flexibility index (Phi) is 6.07. The van der Waals surface area contributed by atoms with Crippen LogP contribution in [-0.4, -0.2) is 46.1 Å². The van der Waals surface area contributed by atoms with Gasteiger partial charge in [0.1, 0.15) is 28.9 Å². The Balaban J connectivity index is 1.62.